The van der Waals surface area contributed by atoms with E-state index in [1.165, 1.54) is 10.9 Å². The molecule has 0 amide bonds. The Bertz CT molecular complexity index is 1020. The van der Waals surface area contributed by atoms with Gasteiger partial charge in [0.25, 0.3) is 0 Å². The molecule has 1 saturated heterocycles. The molecule has 4 aromatic rings. The fourth-order valence-corrected chi connectivity index (χ4v) is 4.03. The van der Waals surface area contributed by atoms with Crippen molar-refractivity contribution < 1.29 is 0 Å². The second kappa shape index (κ2) is 9.39. The van der Waals surface area contributed by atoms with Crippen molar-refractivity contribution in [2.45, 2.75) is 25.4 Å². The van der Waals surface area contributed by atoms with Crippen LogP contribution in [0.2, 0.25) is 0 Å². The fraction of sp³-hybridized carbons (Fsp3) is 0.286. The van der Waals surface area contributed by atoms with Crippen LogP contribution >= 0.6 is 24.8 Å². The van der Waals surface area contributed by atoms with Crippen LogP contribution in [0.25, 0.3) is 16.6 Å². The molecule has 6 nitrogen and oxygen atoms in total. The van der Waals surface area contributed by atoms with E-state index in [-0.39, 0.29) is 24.8 Å². The van der Waals surface area contributed by atoms with Gasteiger partial charge in [-0.25, -0.2) is 0 Å². The van der Waals surface area contributed by atoms with Crippen LogP contribution in [0.4, 0.5) is 0 Å². The van der Waals surface area contributed by atoms with Gasteiger partial charge in [0.15, 0.2) is 0 Å². The summed E-state index contributed by atoms with van der Waals surface area (Å²) in [4.78, 5) is 6.96. The summed E-state index contributed by atoms with van der Waals surface area (Å²) in [5, 5.41) is 9.11. The number of hydrogen-bond acceptors (Lipinski definition) is 4. The Morgan fingerprint density at radius 3 is 2.45 bits per heavy atom. The van der Waals surface area contributed by atoms with Gasteiger partial charge in [0, 0.05) is 38.1 Å². The van der Waals surface area contributed by atoms with E-state index >= 15 is 0 Å². The maximum atomic E-state index is 4.46. The van der Waals surface area contributed by atoms with Crippen LogP contribution < -0.4 is 0 Å². The number of hydrogen-bond donors (Lipinski definition) is 0. The summed E-state index contributed by atoms with van der Waals surface area (Å²) in [7, 11) is 0. The molecule has 0 atom stereocenters. The van der Waals surface area contributed by atoms with Crippen LogP contribution in [-0.2, 0) is 6.54 Å². The highest BCUT2D eigenvalue weighted by Crippen LogP contribution is 2.29. The molecule has 29 heavy (non-hydrogen) atoms. The average molecular weight is 431 g/mol. The Labute approximate surface area is 182 Å². The number of halogens is 2. The first kappa shape index (κ1) is 21.3. The van der Waals surface area contributed by atoms with Gasteiger partial charge in [-0.2, -0.15) is 0 Å². The lowest BCUT2D eigenvalue weighted by molar-refractivity contribution is 0.180. The number of nitrogens with zero attached hydrogens (tertiary/aromatic N) is 6. The van der Waals surface area contributed by atoms with Crippen LogP contribution in [0.1, 0.15) is 24.6 Å². The predicted octanol–water partition coefficient (Wildman–Crippen LogP) is 4.30. The molecule has 5 rings (SSSR count). The van der Waals surface area contributed by atoms with Crippen molar-refractivity contribution >= 4 is 35.7 Å². The first-order valence-electron chi connectivity index (χ1n) is 9.45. The minimum atomic E-state index is 0. The van der Waals surface area contributed by atoms with Gasteiger partial charge in [0.2, 0.25) is 0 Å². The van der Waals surface area contributed by atoms with E-state index in [1.54, 1.807) is 12.7 Å². The molecule has 0 N–H and O–H groups in total. The van der Waals surface area contributed by atoms with Crippen LogP contribution in [-0.4, -0.2) is 42.3 Å². The van der Waals surface area contributed by atoms with Crippen LogP contribution in [0.15, 0.2) is 67.5 Å². The number of piperidine rings is 1. The molecule has 8 heteroatoms. The minimum absolute atomic E-state index is 0. The number of benzene rings is 1. The maximum absolute atomic E-state index is 4.46. The summed E-state index contributed by atoms with van der Waals surface area (Å²) in [5.41, 5.74) is 3.53. The van der Waals surface area contributed by atoms with Crippen molar-refractivity contribution in [3.63, 3.8) is 0 Å². The van der Waals surface area contributed by atoms with Crippen molar-refractivity contribution in [2.24, 2.45) is 0 Å². The van der Waals surface area contributed by atoms with E-state index in [4.69, 9.17) is 0 Å². The lowest BCUT2D eigenvalue weighted by Gasteiger charge is -2.33. The monoisotopic (exact) mass is 430 g/mol. The lowest BCUT2D eigenvalue weighted by atomic mass is 10.0. The molecule has 1 aromatic carbocycles. The highest BCUT2D eigenvalue weighted by molar-refractivity contribution is 5.85. The Morgan fingerprint density at radius 1 is 0.931 bits per heavy atom. The molecular weight excluding hydrogens is 407 g/mol. The normalized spacial score (nSPS) is 15.0. The second-order valence-electron chi connectivity index (χ2n) is 7.16. The SMILES string of the molecule is Cl.Cl.c1ccc(CN2CCC(n3ccc4ccc(-n5cnnc5)cc43)CC2)nc1. The van der Waals surface area contributed by atoms with Crippen molar-refractivity contribution in [3.05, 3.63) is 73.2 Å². The third-order valence-electron chi connectivity index (χ3n) is 5.49. The molecular formula is C21H24Cl2N6. The molecule has 1 fully saturated rings. The molecule has 0 bridgehead atoms. The lowest BCUT2D eigenvalue weighted by Crippen LogP contribution is -2.34. The van der Waals surface area contributed by atoms with E-state index in [2.05, 4.69) is 67.2 Å². The van der Waals surface area contributed by atoms with Gasteiger partial charge in [0.05, 0.1) is 16.9 Å². The number of aromatic nitrogens is 5. The summed E-state index contributed by atoms with van der Waals surface area (Å²) in [6, 6.07) is 15.4. The summed E-state index contributed by atoms with van der Waals surface area (Å²) < 4.78 is 4.40. The standard InChI is InChI=1S/C21H22N6.2ClH/c1-2-9-22-18(3-1)14-25-10-7-19(8-11-25)27-12-6-17-4-5-20(13-21(17)27)26-15-23-24-16-26;;/h1-6,9,12-13,15-16,19H,7-8,10-11,14H2;2*1H. The molecule has 3 aromatic heterocycles. The zero-order chi connectivity index (χ0) is 18.1. The van der Waals surface area contributed by atoms with Crippen LogP contribution in [0.3, 0.4) is 0 Å². The fourth-order valence-electron chi connectivity index (χ4n) is 4.03. The first-order chi connectivity index (χ1) is 13.4. The maximum Gasteiger partial charge on any atom is 0.123 e. The Kier molecular flexibility index (Phi) is 6.90. The van der Waals surface area contributed by atoms with Gasteiger partial charge in [-0.05, 0) is 48.6 Å². The van der Waals surface area contributed by atoms with Gasteiger partial charge in [-0.3, -0.25) is 14.5 Å². The third-order valence-corrected chi connectivity index (χ3v) is 5.49. The zero-order valence-electron chi connectivity index (χ0n) is 16.0. The van der Waals surface area contributed by atoms with Crippen molar-refractivity contribution in [3.8, 4) is 5.69 Å². The molecule has 0 unspecified atom stereocenters. The van der Waals surface area contributed by atoms with Gasteiger partial charge in [0.1, 0.15) is 12.7 Å². The molecule has 4 heterocycles. The van der Waals surface area contributed by atoms with E-state index in [0.29, 0.717) is 6.04 Å². The van der Waals surface area contributed by atoms with Crippen molar-refractivity contribution in [1.82, 2.24) is 29.2 Å². The zero-order valence-corrected chi connectivity index (χ0v) is 17.6. The minimum Gasteiger partial charge on any atom is -0.344 e. The van der Waals surface area contributed by atoms with Crippen molar-refractivity contribution in [1.29, 1.82) is 0 Å². The molecule has 0 aliphatic carbocycles. The van der Waals surface area contributed by atoms with Crippen LogP contribution in [0, 0.1) is 0 Å². The quantitative estimate of drug-likeness (QED) is 0.484. The highest BCUT2D eigenvalue weighted by Gasteiger charge is 2.21. The predicted molar refractivity (Wildman–Crippen MR) is 119 cm³/mol. The van der Waals surface area contributed by atoms with Gasteiger partial charge < -0.3 is 4.57 Å². The highest BCUT2D eigenvalue weighted by atomic mass is 35.5. The van der Waals surface area contributed by atoms with E-state index in [1.807, 2.05) is 16.8 Å². The Balaban J connectivity index is 0.00000120. The topological polar surface area (TPSA) is 51.8 Å². The summed E-state index contributed by atoms with van der Waals surface area (Å²) in [5.74, 6) is 0. The summed E-state index contributed by atoms with van der Waals surface area (Å²) in [6.45, 7) is 3.15. The molecule has 0 radical (unpaired) electrons. The smallest absolute Gasteiger partial charge is 0.123 e. The molecule has 1 aliphatic rings. The van der Waals surface area contributed by atoms with E-state index in [0.717, 1.165) is 43.9 Å². The Hall–Kier alpha value is -2.41. The third kappa shape index (κ3) is 4.45. The first-order valence-corrected chi connectivity index (χ1v) is 9.45. The summed E-state index contributed by atoms with van der Waals surface area (Å²) >= 11 is 0. The number of fused-ring (bicyclic) bond motifs is 1. The van der Waals surface area contributed by atoms with E-state index in [9.17, 15) is 0 Å². The molecule has 0 spiro atoms. The number of pyridine rings is 1. The van der Waals surface area contributed by atoms with Gasteiger partial charge in [-0.15, -0.1) is 35.0 Å². The van der Waals surface area contributed by atoms with Crippen molar-refractivity contribution in [2.75, 3.05) is 13.1 Å². The molecule has 152 valence electrons. The van der Waals surface area contributed by atoms with Gasteiger partial charge >= 0.3 is 0 Å². The summed E-state index contributed by atoms with van der Waals surface area (Å²) in [6.07, 6.45) is 9.91. The molecule has 0 saturated carbocycles. The number of likely N-dealkylation sites (tertiary alicyclic amines) is 1. The van der Waals surface area contributed by atoms with Gasteiger partial charge in [-0.1, -0.05) is 12.1 Å². The molecule has 1 aliphatic heterocycles. The number of rotatable bonds is 4. The Morgan fingerprint density at radius 2 is 1.72 bits per heavy atom. The van der Waals surface area contributed by atoms with E-state index < -0.39 is 0 Å². The largest absolute Gasteiger partial charge is 0.344 e. The average Bonchev–Trinajstić information content (AvgIpc) is 3.39. The van der Waals surface area contributed by atoms with Crippen LogP contribution in [0.5, 0.6) is 0 Å². The second-order valence-corrected chi connectivity index (χ2v) is 7.16.